The van der Waals surface area contributed by atoms with Crippen LogP contribution in [0.1, 0.15) is 19.4 Å². The van der Waals surface area contributed by atoms with Crippen molar-refractivity contribution in [1.29, 1.82) is 0 Å². The monoisotopic (exact) mass is 287 g/mol. The average Bonchev–Trinajstić information content (AvgIpc) is 2.30. The summed E-state index contributed by atoms with van der Waals surface area (Å²) in [6.07, 6.45) is -0.0190. The maximum absolute atomic E-state index is 12.8. The third-order valence-corrected chi connectivity index (χ3v) is 3.02. The van der Waals surface area contributed by atoms with E-state index in [-0.39, 0.29) is 23.9 Å². The minimum Gasteiger partial charge on any atom is -0.481 e. The fourth-order valence-electron chi connectivity index (χ4n) is 1.30. The number of carboxylic acids is 1. The number of carboxylic acid groups (broad SMARTS) is 1. The number of rotatable bonds is 5. The Labute approximate surface area is 115 Å². The minimum absolute atomic E-state index is 0.0139. The summed E-state index contributed by atoms with van der Waals surface area (Å²) < 4.78 is 12.8. The molecule has 0 aliphatic rings. The molecular formula is C13H15ClFNO3. The lowest BCUT2D eigenvalue weighted by atomic mass is 9.94. The summed E-state index contributed by atoms with van der Waals surface area (Å²) in [7, 11) is 0. The molecule has 104 valence electrons. The van der Waals surface area contributed by atoms with Crippen molar-refractivity contribution >= 4 is 23.5 Å². The van der Waals surface area contributed by atoms with Crippen LogP contribution in [-0.4, -0.2) is 23.5 Å². The molecule has 0 saturated carbocycles. The van der Waals surface area contributed by atoms with Gasteiger partial charge < -0.3 is 10.4 Å². The van der Waals surface area contributed by atoms with E-state index in [1.165, 1.54) is 26.0 Å². The van der Waals surface area contributed by atoms with Crippen molar-refractivity contribution in [2.45, 2.75) is 20.3 Å². The van der Waals surface area contributed by atoms with Crippen LogP contribution in [0.15, 0.2) is 18.2 Å². The molecule has 0 bridgehead atoms. The molecule has 1 rings (SSSR count). The highest BCUT2D eigenvalue weighted by Crippen LogP contribution is 2.18. The second kappa shape index (κ2) is 6.02. The standard InChI is InChI=1S/C13H15ClFNO3/c1-13(2,12(18)19)7-16-11(17)5-8-3-4-9(15)6-10(8)14/h3-4,6H,5,7H2,1-2H3,(H,16,17)(H,18,19). The Bertz CT molecular complexity index is 503. The molecule has 0 fully saturated rings. The first kappa shape index (κ1) is 15.4. The quantitative estimate of drug-likeness (QED) is 0.873. The summed E-state index contributed by atoms with van der Waals surface area (Å²) >= 11 is 5.80. The van der Waals surface area contributed by atoms with Crippen LogP contribution in [0.4, 0.5) is 4.39 Å². The molecule has 0 atom stereocenters. The van der Waals surface area contributed by atoms with Crippen LogP contribution in [0.5, 0.6) is 0 Å². The van der Waals surface area contributed by atoms with Gasteiger partial charge in [0.15, 0.2) is 0 Å². The van der Waals surface area contributed by atoms with Gasteiger partial charge in [0.05, 0.1) is 11.8 Å². The molecule has 0 aliphatic carbocycles. The summed E-state index contributed by atoms with van der Waals surface area (Å²) in [5.41, 5.74) is -0.545. The van der Waals surface area contributed by atoms with E-state index < -0.39 is 17.2 Å². The molecule has 1 amide bonds. The molecule has 0 spiro atoms. The number of carbonyl (C=O) groups is 2. The average molecular weight is 288 g/mol. The summed E-state index contributed by atoms with van der Waals surface area (Å²) in [6, 6.07) is 3.78. The zero-order chi connectivity index (χ0) is 14.6. The lowest BCUT2D eigenvalue weighted by Crippen LogP contribution is -2.39. The van der Waals surface area contributed by atoms with E-state index >= 15 is 0 Å². The fourth-order valence-corrected chi connectivity index (χ4v) is 1.53. The van der Waals surface area contributed by atoms with Crippen molar-refractivity contribution in [3.8, 4) is 0 Å². The van der Waals surface area contributed by atoms with Gasteiger partial charge >= 0.3 is 5.97 Å². The number of aliphatic carboxylic acids is 1. The number of benzene rings is 1. The van der Waals surface area contributed by atoms with Crippen LogP contribution >= 0.6 is 11.6 Å². The zero-order valence-electron chi connectivity index (χ0n) is 10.7. The Morgan fingerprint density at radius 2 is 2.05 bits per heavy atom. The van der Waals surface area contributed by atoms with E-state index in [9.17, 15) is 14.0 Å². The number of halogens is 2. The van der Waals surface area contributed by atoms with E-state index in [0.717, 1.165) is 6.07 Å². The molecule has 6 heteroatoms. The Morgan fingerprint density at radius 3 is 2.58 bits per heavy atom. The van der Waals surface area contributed by atoms with Crippen molar-refractivity contribution < 1.29 is 19.1 Å². The highest BCUT2D eigenvalue weighted by Gasteiger charge is 2.27. The summed E-state index contributed by atoms with van der Waals surface area (Å²) in [5, 5.41) is 11.6. The van der Waals surface area contributed by atoms with Gasteiger partial charge in [-0.1, -0.05) is 17.7 Å². The summed E-state index contributed by atoms with van der Waals surface area (Å²) in [6.45, 7) is 3.04. The minimum atomic E-state index is -1.04. The molecule has 0 unspecified atom stereocenters. The van der Waals surface area contributed by atoms with E-state index in [1.807, 2.05) is 0 Å². The van der Waals surface area contributed by atoms with E-state index in [2.05, 4.69) is 5.32 Å². The third kappa shape index (κ3) is 4.52. The van der Waals surface area contributed by atoms with Gasteiger partial charge in [0, 0.05) is 11.6 Å². The predicted molar refractivity (Wildman–Crippen MR) is 69.5 cm³/mol. The van der Waals surface area contributed by atoms with Gasteiger partial charge in [-0.2, -0.15) is 0 Å². The smallest absolute Gasteiger partial charge is 0.310 e. The molecule has 0 heterocycles. The zero-order valence-corrected chi connectivity index (χ0v) is 11.4. The number of carbonyl (C=O) groups excluding carboxylic acids is 1. The largest absolute Gasteiger partial charge is 0.481 e. The van der Waals surface area contributed by atoms with Crippen molar-refractivity contribution in [2.75, 3.05) is 6.54 Å². The Kier molecular flexibility index (Phi) is 4.89. The Morgan fingerprint density at radius 1 is 1.42 bits per heavy atom. The highest BCUT2D eigenvalue weighted by atomic mass is 35.5. The lowest BCUT2D eigenvalue weighted by Gasteiger charge is -2.19. The van der Waals surface area contributed by atoms with Crippen LogP contribution < -0.4 is 5.32 Å². The second-order valence-electron chi connectivity index (χ2n) is 4.88. The van der Waals surface area contributed by atoms with Gasteiger partial charge in [-0.25, -0.2) is 4.39 Å². The molecule has 1 aromatic rings. The fraction of sp³-hybridized carbons (Fsp3) is 0.385. The van der Waals surface area contributed by atoms with Crippen LogP contribution in [0.2, 0.25) is 5.02 Å². The van der Waals surface area contributed by atoms with Crippen molar-refractivity contribution in [3.63, 3.8) is 0 Å². The number of nitrogens with one attached hydrogen (secondary N) is 1. The van der Waals surface area contributed by atoms with Crippen molar-refractivity contribution in [1.82, 2.24) is 5.32 Å². The Balaban J connectivity index is 2.59. The molecule has 4 nitrogen and oxygen atoms in total. The molecule has 19 heavy (non-hydrogen) atoms. The van der Waals surface area contributed by atoms with Crippen LogP contribution in [-0.2, 0) is 16.0 Å². The number of amides is 1. The molecule has 0 radical (unpaired) electrons. The molecule has 1 aromatic carbocycles. The molecule has 0 aromatic heterocycles. The predicted octanol–water partition coefficient (Wildman–Crippen LogP) is 2.25. The molecule has 0 saturated heterocycles. The van der Waals surface area contributed by atoms with Crippen LogP contribution in [0.25, 0.3) is 0 Å². The highest BCUT2D eigenvalue weighted by molar-refractivity contribution is 6.31. The summed E-state index contributed by atoms with van der Waals surface area (Å²) in [4.78, 5) is 22.5. The maximum Gasteiger partial charge on any atom is 0.310 e. The van der Waals surface area contributed by atoms with E-state index in [4.69, 9.17) is 16.7 Å². The first-order valence-corrected chi connectivity index (χ1v) is 6.04. The lowest BCUT2D eigenvalue weighted by molar-refractivity contribution is -0.146. The van der Waals surface area contributed by atoms with Crippen LogP contribution in [0.3, 0.4) is 0 Å². The van der Waals surface area contributed by atoms with Gasteiger partial charge in [0.25, 0.3) is 0 Å². The normalized spacial score (nSPS) is 11.2. The second-order valence-corrected chi connectivity index (χ2v) is 5.29. The van der Waals surface area contributed by atoms with Gasteiger partial charge in [-0.3, -0.25) is 9.59 Å². The van der Waals surface area contributed by atoms with Gasteiger partial charge in [-0.05, 0) is 31.5 Å². The van der Waals surface area contributed by atoms with Crippen molar-refractivity contribution in [2.24, 2.45) is 5.41 Å². The third-order valence-electron chi connectivity index (χ3n) is 2.67. The number of hydrogen-bond donors (Lipinski definition) is 2. The first-order chi connectivity index (χ1) is 8.72. The molecule has 0 aliphatic heterocycles. The SMILES string of the molecule is CC(C)(CNC(=O)Cc1ccc(F)cc1Cl)C(=O)O. The topological polar surface area (TPSA) is 66.4 Å². The van der Waals surface area contributed by atoms with E-state index in [0.29, 0.717) is 5.56 Å². The van der Waals surface area contributed by atoms with Gasteiger partial charge in [0.1, 0.15) is 5.82 Å². The Hall–Kier alpha value is -1.62. The van der Waals surface area contributed by atoms with Crippen LogP contribution in [0, 0.1) is 11.2 Å². The van der Waals surface area contributed by atoms with Crippen molar-refractivity contribution in [3.05, 3.63) is 34.6 Å². The molecule has 2 N–H and O–H groups in total. The van der Waals surface area contributed by atoms with E-state index in [1.54, 1.807) is 0 Å². The first-order valence-electron chi connectivity index (χ1n) is 5.66. The molecular weight excluding hydrogens is 273 g/mol. The number of hydrogen-bond acceptors (Lipinski definition) is 2. The summed E-state index contributed by atoms with van der Waals surface area (Å²) in [5.74, 6) is -1.82. The van der Waals surface area contributed by atoms with Gasteiger partial charge in [0.2, 0.25) is 5.91 Å². The van der Waals surface area contributed by atoms with Gasteiger partial charge in [-0.15, -0.1) is 0 Å². The maximum atomic E-state index is 12.8.